The van der Waals surface area contributed by atoms with E-state index in [0.717, 1.165) is 0 Å². The minimum Gasteiger partial charge on any atom is -0.314 e. The summed E-state index contributed by atoms with van der Waals surface area (Å²) in [6.45, 7) is 1.18. The fraction of sp³-hybridized carbons (Fsp3) is 0.643. The summed E-state index contributed by atoms with van der Waals surface area (Å²) in [5.41, 5.74) is 1.37. The molecule has 1 aromatic rings. The summed E-state index contributed by atoms with van der Waals surface area (Å²) in [5.74, 6) is 0. The molecule has 3 heteroatoms. The van der Waals surface area contributed by atoms with Crippen LogP contribution in [0.2, 0.25) is 0 Å². The molecule has 1 aliphatic heterocycles. The molecule has 17 heavy (non-hydrogen) atoms. The van der Waals surface area contributed by atoms with Crippen LogP contribution in [0.1, 0.15) is 37.3 Å². The van der Waals surface area contributed by atoms with E-state index in [2.05, 4.69) is 41.4 Å². The smallest absolute Gasteiger partial charge is 0.0357 e. The zero-order chi connectivity index (χ0) is 12.1. The number of nitrogens with one attached hydrogen (secondary N) is 1. The summed E-state index contributed by atoms with van der Waals surface area (Å²) in [6.07, 6.45) is 8.99. The topological polar surface area (TPSA) is 28.2 Å². The number of aromatic nitrogens is 1. The summed E-state index contributed by atoms with van der Waals surface area (Å²) >= 11 is 0. The summed E-state index contributed by atoms with van der Waals surface area (Å²) in [7, 11) is 4.32. The molecule has 0 saturated carbocycles. The second-order valence-electron chi connectivity index (χ2n) is 5.14. The van der Waals surface area contributed by atoms with Gasteiger partial charge in [0.05, 0.1) is 0 Å². The van der Waals surface area contributed by atoms with E-state index >= 15 is 0 Å². The van der Waals surface area contributed by atoms with Gasteiger partial charge in [0.2, 0.25) is 0 Å². The lowest BCUT2D eigenvalue weighted by molar-refractivity contribution is 0.240. The molecule has 0 spiro atoms. The normalized spacial score (nSPS) is 22.6. The van der Waals surface area contributed by atoms with Gasteiger partial charge in [0.1, 0.15) is 0 Å². The van der Waals surface area contributed by atoms with E-state index in [-0.39, 0.29) is 0 Å². The molecule has 2 rings (SSSR count). The molecule has 3 nitrogen and oxygen atoms in total. The standard InChI is InChI=1S/C14H23N3/c1-17(2)14(12-6-9-15-10-7-12)11-13-5-3-4-8-16-13/h6-7,9-10,13-14,16H,3-5,8,11H2,1-2H3. The number of hydrogen-bond donors (Lipinski definition) is 1. The number of piperidine rings is 1. The number of pyridine rings is 1. The molecular formula is C14H23N3. The minimum absolute atomic E-state index is 0.494. The molecule has 1 aliphatic rings. The maximum absolute atomic E-state index is 4.10. The molecule has 0 amide bonds. The van der Waals surface area contributed by atoms with Crippen molar-refractivity contribution in [2.24, 2.45) is 0 Å². The SMILES string of the molecule is CN(C)C(CC1CCCCN1)c1ccncc1. The van der Waals surface area contributed by atoms with Crippen molar-refractivity contribution in [3.63, 3.8) is 0 Å². The van der Waals surface area contributed by atoms with Crippen molar-refractivity contribution in [3.8, 4) is 0 Å². The van der Waals surface area contributed by atoms with E-state index in [4.69, 9.17) is 0 Å². The third kappa shape index (κ3) is 3.51. The molecule has 0 bridgehead atoms. The second kappa shape index (κ2) is 6.12. The zero-order valence-corrected chi connectivity index (χ0v) is 10.9. The summed E-state index contributed by atoms with van der Waals surface area (Å²) < 4.78 is 0. The van der Waals surface area contributed by atoms with Crippen molar-refractivity contribution in [1.29, 1.82) is 0 Å². The molecule has 0 aliphatic carbocycles. The molecule has 1 N–H and O–H groups in total. The van der Waals surface area contributed by atoms with Gasteiger partial charge in [0, 0.05) is 24.5 Å². The summed E-state index contributed by atoms with van der Waals surface area (Å²) in [5, 5.41) is 3.63. The Morgan fingerprint density at radius 3 is 2.71 bits per heavy atom. The van der Waals surface area contributed by atoms with E-state index in [0.29, 0.717) is 12.1 Å². The van der Waals surface area contributed by atoms with Crippen LogP contribution < -0.4 is 5.32 Å². The Morgan fingerprint density at radius 2 is 2.12 bits per heavy atom. The number of nitrogens with zero attached hydrogens (tertiary/aromatic N) is 2. The maximum atomic E-state index is 4.10. The van der Waals surface area contributed by atoms with Gasteiger partial charge in [-0.05, 0) is 57.6 Å². The van der Waals surface area contributed by atoms with Crippen molar-refractivity contribution in [2.75, 3.05) is 20.6 Å². The predicted molar refractivity (Wildman–Crippen MR) is 70.9 cm³/mol. The van der Waals surface area contributed by atoms with Crippen LogP contribution >= 0.6 is 0 Å². The van der Waals surface area contributed by atoms with Crippen molar-refractivity contribution in [3.05, 3.63) is 30.1 Å². The molecule has 0 radical (unpaired) electrons. The molecule has 1 fully saturated rings. The lowest BCUT2D eigenvalue weighted by Crippen LogP contribution is -2.37. The average Bonchev–Trinajstić information content (AvgIpc) is 2.38. The Morgan fingerprint density at radius 1 is 1.35 bits per heavy atom. The third-order valence-electron chi connectivity index (χ3n) is 3.63. The molecule has 1 saturated heterocycles. The monoisotopic (exact) mass is 233 g/mol. The van der Waals surface area contributed by atoms with Crippen LogP contribution in [-0.4, -0.2) is 36.6 Å². The van der Waals surface area contributed by atoms with Crippen LogP contribution in [0.15, 0.2) is 24.5 Å². The highest BCUT2D eigenvalue weighted by atomic mass is 15.1. The Balaban J connectivity index is 2.02. The van der Waals surface area contributed by atoms with Crippen LogP contribution in [0.3, 0.4) is 0 Å². The lowest BCUT2D eigenvalue weighted by Gasteiger charge is -2.31. The minimum atomic E-state index is 0.494. The van der Waals surface area contributed by atoms with Gasteiger partial charge in [0.15, 0.2) is 0 Å². The van der Waals surface area contributed by atoms with Gasteiger partial charge in [0.25, 0.3) is 0 Å². The van der Waals surface area contributed by atoms with Crippen LogP contribution in [0.4, 0.5) is 0 Å². The number of rotatable bonds is 4. The summed E-state index contributed by atoms with van der Waals surface area (Å²) in [4.78, 5) is 6.41. The third-order valence-corrected chi connectivity index (χ3v) is 3.63. The Kier molecular flexibility index (Phi) is 4.51. The first kappa shape index (κ1) is 12.5. The van der Waals surface area contributed by atoms with Gasteiger partial charge in [-0.2, -0.15) is 0 Å². The van der Waals surface area contributed by atoms with Gasteiger partial charge >= 0.3 is 0 Å². The lowest BCUT2D eigenvalue weighted by atomic mass is 9.94. The zero-order valence-electron chi connectivity index (χ0n) is 10.9. The predicted octanol–water partition coefficient (Wildman–Crippen LogP) is 2.22. The van der Waals surface area contributed by atoms with Crippen molar-refractivity contribution >= 4 is 0 Å². The van der Waals surface area contributed by atoms with E-state index in [1.54, 1.807) is 0 Å². The fourth-order valence-corrected chi connectivity index (χ4v) is 2.63. The van der Waals surface area contributed by atoms with Crippen LogP contribution in [-0.2, 0) is 0 Å². The second-order valence-corrected chi connectivity index (χ2v) is 5.14. The molecule has 1 aromatic heterocycles. The molecule has 2 atom stereocenters. The van der Waals surface area contributed by atoms with E-state index in [1.165, 1.54) is 37.8 Å². The number of hydrogen-bond acceptors (Lipinski definition) is 3. The molecule has 94 valence electrons. The van der Waals surface area contributed by atoms with Gasteiger partial charge in [-0.15, -0.1) is 0 Å². The van der Waals surface area contributed by atoms with Gasteiger partial charge in [-0.3, -0.25) is 4.98 Å². The average molecular weight is 233 g/mol. The van der Waals surface area contributed by atoms with Crippen molar-refractivity contribution < 1.29 is 0 Å². The Bertz CT molecular complexity index is 317. The molecule has 2 heterocycles. The first-order valence-corrected chi connectivity index (χ1v) is 6.57. The van der Waals surface area contributed by atoms with E-state index < -0.39 is 0 Å². The van der Waals surface area contributed by atoms with Gasteiger partial charge in [-0.25, -0.2) is 0 Å². The van der Waals surface area contributed by atoms with Crippen LogP contribution in [0.25, 0.3) is 0 Å². The molecular weight excluding hydrogens is 210 g/mol. The van der Waals surface area contributed by atoms with Gasteiger partial charge in [-0.1, -0.05) is 6.42 Å². The van der Waals surface area contributed by atoms with Crippen molar-refractivity contribution in [1.82, 2.24) is 15.2 Å². The van der Waals surface area contributed by atoms with Crippen LogP contribution in [0, 0.1) is 0 Å². The first-order chi connectivity index (χ1) is 8.27. The maximum Gasteiger partial charge on any atom is 0.0357 e. The van der Waals surface area contributed by atoms with Gasteiger partial charge < -0.3 is 10.2 Å². The molecule has 0 aromatic carbocycles. The Hall–Kier alpha value is -0.930. The highest BCUT2D eigenvalue weighted by molar-refractivity contribution is 5.15. The van der Waals surface area contributed by atoms with Crippen LogP contribution in [0.5, 0.6) is 0 Å². The van der Waals surface area contributed by atoms with E-state index in [9.17, 15) is 0 Å². The quantitative estimate of drug-likeness (QED) is 0.864. The largest absolute Gasteiger partial charge is 0.314 e. The highest BCUT2D eigenvalue weighted by Gasteiger charge is 2.21. The molecule has 2 unspecified atom stereocenters. The highest BCUT2D eigenvalue weighted by Crippen LogP contribution is 2.25. The summed E-state index contributed by atoms with van der Waals surface area (Å²) in [6, 6.07) is 5.43. The first-order valence-electron chi connectivity index (χ1n) is 6.57. The van der Waals surface area contributed by atoms with Crippen molar-refractivity contribution in [2.45, 2.75) is 37.8 Å². The Labute approximate surface area is 104 Å². The fourth-order valence-electron chi connectivity index (χ4n) is 2.63. The van der Waals surface area contributed by atoms with E-state index in [1.807, 2.05) is 12.4 Å².